The SMILES string of the molecule is Cc1cnc(-c2ccc(C[C@@H]3COc4cc(-c5ccccc5NS(=O)(=O)C(F)(F)F)ccc4[C@H]3O)nc2)s1. The van der Waals surface area contributed by atoms with Crippen LogP contribution in [0.25, 0.3) is 21.7 Å². The number of hydrogen-bond donors (Lipinski definition) is 2. The van der Waals surface area contributed by atoms with Gasteiger partial charge in [-0.15, -0.1) is 11.3 Å². The van der Waals surface area contributed by atoms with E-state index in [0.717, 1.165) is 21.1 Å². The quantitative estimate of drug-likeness (QED) is 0.312. The van der Waals surface area contributed by atoms with E-state index in [9.17, 15) is 26.7 Å². The van der Waals surface area contributed by atoms with Gasteiger partial charge in [0.15, 0.2) is 0 Å². The highest BCUT2D eigenvalue weighted by Crippen LogP contribution is 2.41. The highest BCUT2D eigenvalue weighted by atomic mass is 32.2. The molecule has 12 heteroatoms. The van der Waals surface area contributed by atoms with Gasteiger partial charge in [0.2, 0.25) is 0 Å². The maximum atomic E-state index is 12.9. The smallest absolute Gasteiger partial charge is 0.493 e. The van der Waals surface area contributed by atoms with E-state index >= 15 is 0 Å². The van der Waals surface area contributed by atoms with E-state index < -0.39 is 21.6 Å². The minimum absolute atomic E-state index is 0.203. The number of anilines is 1. The first-order valence-electron chi connectivity index (χ1n) is 11.5. The van der Waals surface area contributed by atoms with Crippen LogP contribution in [0, 0.1) is 12.8 Å². The molecule has 1 aliphatic rings. The van der Waals surface area contributed by atoms with Gasteiger partial charge in [-0.05, 0) is 43.2 Å². The van der Waals surface area contributed by atoms with Crippen molar-refractivity contribution >= 4 is 27.0 Å². The van der Waals surface area contributed by atoms with Gasteiger partial charge in [0.1, 0.15) is 10.8 Å². The Bertz CT molecular complexity index is 1570. The summed E-state index contributed by atoms with van der Waals surface area (Å²) in [6.07, 6.45) is 3.19. The van der Waals surface area contributed by atoms with E-state index in [1.165, 1.54) is 18.2 Å². The predicted molar refractivity (Wildman–Crippen MR) is 138 cm³/mol. The number of nitrogens with one attached hydrogen (secondary N) is 1. The van der Waals surface area contributed by atoms with Gasteiger partial charge in [-0.25, -0.2) is 4.98 Å². The van der Waals surface area contributed by atoms with Gasteiger partial charge in [-0.1, -0.05) is 30.3 Å². The third-order valence-electron chi connectivity index (χ3n) is 6.18. The Morgan fingerprint density at radius 2 is 1.84 bits per heavy atom. The van der Waals surface area contributed by atoms with Crippen molar-refractivity contribution in [2.75, 3.05) is 11.3 Å². The van der Waals surface area contributed by atoms with E-state index in [2.05, 4.69) is 9.97 Å². The molecule has 3 heterocycles. The summed E-state index contributed by atoms with van der Waals surface area (Å²) in [7, 11) is -5.59. The zero-order valence-corrected chi connectivity index (χ0v) is 21.6. The molecule has 0 fully saturated rings. The Morgan fingerprint density at radius 1 is 1.08 bits per heavy atom. The number of alkyl halides is 3. The second kappa shape index (κ2) is 10.0. The number of sulfonamides is 1. The third-order valence-corrected chi connectivity index (χ3v) is 8.24. The number of ether oxygens (including phenoxy) is 1. The van der Waals surface area contributed by atoms with E-state index in [-0.39, 0.29) is 23.8 Å². The summed E-state index contributed by atoms with van der Waals surface area (Å²) in [5.41, 5.74) is -2.75. The average Bonchev–Trinajstić information content (AvgIpc) is 3.31. The molecule has 38 heavy (non-hydrogen) atoms. The molecule has 2 aromatic carbocycles. The van der Waals surface area contributed by atoms with Crippen LogP contribution in [0.1, 0.15) is 22.2 Å². The summed E-state index contributed by atoms with van der Waals surface area (Å²) < 4.78 is 69.6. The summed E-state index contributed by atoms with van der Waals surface area (Å²) in [5, 5.41) is 11.9. The second-order valence-corrected chi connectivity index (χ2v) is 11.8. The molecule has 0 amide bonds. The molecule has 0 saturated heterocycles. The minimum atomic E-state index is -5.59. The topological polar surface area (TPSA) is 101 Å². The van der Waals surface area contributed by atoms with Crippen LogP contribution in [-0.2, 0) is 16.4 Å². The zero-order chi connectivity index (χ0) is 27.1. The van der Waals surface area contributed by atoms with Crippen molar-refractivity contribution in [3.8, 4) is 27.4 Å². The van der Waals surface area contributed by atoms with Gasteiger partial charge >= 0.3 is 15.5 Å². The molecule has 4 aromatic rings. The van der Waals surface area contributed by atoms with Crippen LogP contribution in [0.5, 0.6) is 5.75 Å². The van der Waals surface area contributed by atoms with Gasteiger partial charge in [0, 0.05) is 45.6 Å². The molecular formula is C26H22F3N3O4S2. The van der Waals surface area contributed by atoms with Crippen LogP contribution in [0.4, 0.5) is 18.9 Å². The number of halogens is 3. The van der Waals surface area contributed by atoms with Gasteiger partial charge < -0.3 is 9.84 Å². The van der Waals surface area contributed by atoms with Crippen molar-refractivity contribution in [1.82, 2.24) is 9.97 Å². The van der Waals surface area contributed by atoms with E-state index in [0.29, 0.717) is 23.3 Å². The van der Waals surface area contributed by atoms with Crippen molar-refractivity contribution in [3.63, 3.8) is 0 Å². The number of aromatic nitrogens is 2. The van der Waals surface area contributed by atoms with Crippen LogP contribution in [0.2, 0.25) is 0 Å². The zero-order valence-electron chi connectivity index (χ0n) is 19.9. The number of para-hydroxylation sites is 1. The molecule has 0 unspecified atom stereocenters. The first-order chi connectivity index (χ1) is 18.0. The number of pyridine rings is 1. The number of rotatable bonds is 6. The highest BCUT2D eigenvalue weighted by molar-refractivity contribution is 7.93. The van der Waals surface area contributed by atoms with Crippen LogP contribution < -0.4 is 9.46 Å². The minimum Gasteiger partial charge on any atom is -0.493 e. The van der Waals surface area contributed by atoms with Gasteiger partial charge in [0.25, 0.3) is 0 Å². The molecule has 7 nitrogen and oxygen atoms in total. The first kappa shape index (κ1) is 26.1. The van der Waals surface area contributed by atoms with Crippen LogP contribution in [0.3, 0.4) is 0 Å². The molecule has 2 aromatic heterocycles. The Hall–Kier alpha value is -3.48. The van der Waals surface area contributed by atoms with Crippen LogP contribution >= 0.6 is 11.3 Å². The lowest BCUT2D eigenvalue weighted by molar-refractivity contribution is -0.0429. The van der Waals surface area contributed by atoms with Crippen LogP contribution in [-0.4, -0.2) is 35.6 Å². The van der Waals surface area contributed by atoms with Crippen LogP contribution in [0.15, 0.2) is 67.0 Å². The second-order valence-electron chi connectivity index (χ2n) is 8.88. The number of hydrogen-bond acceptors (Lipinski definition) is 7. The Kier molecular flexibility index (Phi) is 6.88. The Balaban J connectivity index is 1.34. The number of nitrogens with zero attached hydrogens (tertiary/aromatic N) is 2. The predicted octanol–water partition coefficient (Wildman–Crippen LogP) is 5.73. The van der Waals surface area contributed by atoms with Crippen molar-refractivity contribution < 1.29 is 31.4 Å². The molecule has 2 N–H and O–H groups in total. The molecule has 1 aliphatic heterocycles. The number of benzene rings is 2. The lowest BCUT2D eigenvalue weighted by Gasteiger charge is -2.30. The monoisotopic (exact) mass is 561 g/mol. The summed E-state index contributed by atoms with van der Waals surface area (Å²) >= 11 is 1.58. The molecule has 0 bridgehead atoms. The molecule has 0 spiro atoms. The molecule has 198 valence electrons. The number of aliphatic hydroxyl groups is 1. The Morgan fingerprint density at radius 3 is 2.53 bits per heavy atom. The number of fused-ring (bicyclic) bond motifs is 1. The third kappa shape index (κ3) is 5.24. The van der Waals surface area contributed by atoms with Gasteiger partial charge in [-0.2, -0.15) is 21.6 Å². The summed E-state index contributed by atoms with van der Waals surface area (Å²) in [6.45, 7) is 2.19. The van der Waals surface area contributed by atoms with Crippen molar-refractivity contribution in [3.05, 3.63) is 83.1 Å². The van der Waals surface area contributed by atoms with Crippen molar-refractivity contribution in [2.24, 2.45) is 5.92 Å². The highest BCUT2D eigenvalue weighted by Gasteiger charge is 2.46. The standard InChI is InChI=1S/C26H22F3N3O4S2/c1-15-12-31-25(37-15)17-6-8-19(30-13-17)10-18-14-36-23-11-16(7-9-21(23)24(18)33)20-4-2-3-5-22(20)32-38(34,35)26(27,28)29/h2-9,11-13,18,24,32-33H,10,14H2,1H3/t18-,24+/m1/s1. The summed E-state index contributed by atoms with van der Waals surface area (Å²) in [5.74, 6) is 0.113. The molecule has 2 atom stereocenters. The molecule has 0 saturated carbocycles. The maximum absolute atomic E-state index is 12.9. The molecule has 0 aliphatic carbocycles. The average molecular weight is 562 g/mol. The largest absolute Gasteiger partial charge is 0.516 e. The summed E-state index contributed by atoms with van der Waals surface area (Å²) in [6, 6.07) is 14.4. The fourth-order valence-corrected chi connectivity index (χ4v) is 5.58. The first-order valence-corrected chi connectivity index (χ1v) is 13.8. The normalized spacial score (nSPS) is 17.5. The number of thiazole rings is 1. The number of aryl methyl sites for hydroxylation is 1. The number of aliphatic hydroxyl groups excluding tert-OH is 1. The van der Waals surface area contributed by atoms with E-state index in [4.69, 9.17) is 4.74 Å². The van der Waals surface area contributed by atoms with Gasteiger partial charge in [0.05, 0.1) is 18.4 Å². The van der Waals surface area contributed by atoms with Crippen molar-refractivity contribution in [2.45, 2.75) is 25.0 Å². The fourth-order valence-electron chi connectivity index (χ4n) is 4.24. The Labute approximate surface area is 221 Å². The van der Waals surface area contributed by atoms with E-state index in [1.807, 2.05) is 25.3 Å². The fraction of sp³-hybridized carbons (Fsp3) is 0.231. The lowest BCUT2D eigenvalue weighted by atomic mass is 9.88. The van der Waals surface area contributed by atoms with Gasteiger partial charge in [-0.3, -0.25) is 9.71 Å². The molecule has 0 radical (unpaired) electrons. The molecule has 5 rings (SSSR count). The van der Waals surface area contributed by atoms with E-state index in [1.54, 1.807) is 46.5 Å². The lowest BCUT2D eigenvalue weighted by Crippen LogP contribution is -2.30. The maximum Gasteiger partial charge on any atom is 0.516 e. The molecular weight excluding hydrogens is 539 g/mol. The summed E-state index contributed by atoms with van der Waals surface area (Å²) in [4.78, 5) is 10.00. The van der Waals surface area contributed by atoms with Crippen molar-refractivity contribution in [1.29, 1.82) is 0 Å².